The summed E-state index contributed by atoms with van der Waals surface area (Å²) in [6.07, 6.45) is 11.6. The Hall–Kier alpha value is -1.31. The van der Waals surface area contributed by atoms with E-state index in [1.165, 1.54) is 19.3 Å². The molecule has 1 aromatic rings. The third-order valence-corrected chi connectivity index (χ3v) is 3.41. The molecule has 1 aliphatic carbocycles. The molecule has 0 aromatic carbocycles. The zero-order valence-electron chi connectivity index (χ0n) is 9.86. The maximum atomic E-state index is 11.9. The van der Waals surface area contributed by atoms with Crippen LogP contribution in [0.2, 0.25) is 0 Å². The zero-order valence-corrected chi connectivity index (χ0v) is 9.86. The number of carbonyl (C=O) groups excluding carboxylic acids is 1. The Morgan fingerprint density at radius 3 is 2.75 bits per heavy atom. The molecule has 2 nitrogen and oxygen atoms in total. The van der Waals surface area contributed by atoms with Crippen molar-refractivity contribution in [1.29, 1.82) is 0 Å². The highest BCUT2D eigenvalue weighted by Crippen LogP contribution is 2.24. The molecule has 0 spiro atoms. The summed E-state index contributed by atoms with van der Waals surface area (Å²) in [6, 6.07) is 4.01. The predicted molar refractivity (Wildman–Crippen MR) is 66.0 cm³/mol. The highest BCUT2D eigenvalue weighted by molar-refractivity contribution is 5.95. The minimum Gasteiger partial charge on any atom is -0.351 e. The van der Waals surface area contributed by atoms with Crippen molar-refractivity contribution in [1.82, 2.24) is 4.57 Å². The van der Waals surface area contributed by atoms with Crippen LogP contribution < -0.4 is 0 Å². The van der Waals surface area contributed by atoms with Gasteiger partial charge in [0.05, 0.1) is 0 Å². The van der Waals surface area contributed by atoms with Crippen molar-refractivity contribution in [3.05, 3.63) is 30.1 Å². The topological polar surface area (TPSA) is 22.0 Å². The Balaban J connectivity index is 1.96. The predicted octanol–water partition coefficient (Wildman–Crippen LogP) is 3.19. The number of nitrogens with zero attached hydrogens (tertiary/aromatic N) is 1. The van der Waals surface area contributed by atoms with Crippen LogP contribution in [-0.2, 0) is 11.8 Å². The van der Waals surface area contributed by atoms with Gasteiger partial charge in [-0.3, -0.25) is 4.79 Å². The Labute approximate surface area is 97.0 Å². The van der Waals surface area contributed by atoms with E-state index in [0.717, 1.165) is 18.5 Å². The van der Waals surface area contributed by atoms with Crippen LogP contribution in [0.15, 0.2) is 24.4 Å². The number of allylic oxidation sites excluding steroid dienone is 1. The van der Waals surface area contributed by atoms with Crippen molar-refractivity contribution in [2.45, 2.75) is 32.1 Å². The summed E-state index contributed by atoms with van der Waals surface area (Å²) >= 11 is 0. The van der Waals surface area contributed by atoms with Crippen LogP contribution in [0.3, 0.4) is 0 Å². The van der Waals surface area contributed by atoms with Gasteiger partial charge in [0.1, 0.15) is 0 Å². The fourth-order valence-electron chi connectivity index (χ4n) is 2.34. The van der Waals surface area contributed by atoms with Crippen LogP contribution in [0.4, 0.5) is 0 Å². The first kappa shape index (κ1) is 11.2. The van der Waals surface area contributed by atoms with Gasteiger partial charge in [0.25, 0.3) is 0 Å². The summed E-state index contributed by atoms with van der Waals surface area (Å²) in [5.74, 6) is 0.589. The highest BCUT2D eigenvalue weighted by Gasteiger charge is 2.18. The summed E-state index contributed by atoms with van der Waals surface area (Å²) in [5, 5.41) is 0. The van der Waals surface area contributed by atoms with Gasteiger partial charge in [0.2, 0.25) is 0 Å². The molecule has 0 atom stereocenters. The molecule has 0 unspecified atom stereocenters. The number of hydrogen-bond donors (Lipinski definition) is 0. The maximum Gasteiger partial charge on any atom is 0.158 e. The largest absolute Gasteiger partial charge is 0.351 e. The quantitative estimate of drug-likeness (QED) is 0.713. The second kappa shape index (κ2) is 5.15. The molecule has 0 aliphatic heterocycles. The van der Waals surface area contributed by atoms with E-state index < -0.39 is 0 Å². The van der Waals surface area contributed by atoms with Crippen molar-refractivity contribution in [3.63, 3.8) is 0 Å². The molecular formula is C14H19NO. The first-order chi connectivity index (χ1) is 7.77. The lowest BCUT2D eigenvalue weighted by Gasteiger charge is -2.18. The van der Waals surface area contributed by atoms with E-state index in [-0.39, 0.29) is 5.92 Å². The summed E-state index contributed by atoms with van der Waals surface area (Å²) in [6.45, 7) is 0. The zero-order chi connectivity index (χ0) is 11.4. The molecule has 0 radical (unpaired) electrons. The maximum absolute atomic E-state index is 11.9. The highest BCUT2D eigenvalue weighted by atomic mass is 16.1. The van der Waals surface area contributed by atoms with Gasteiger partial charge >= 0.3 is 0 Å². The molecular weight excluding hydrogens is 198 g/mol. The van der Waals surface area contributed by atoms with Crippen molar-refractivity contribution < 1.29 is 4.79 Å². The van der Waals surface area contributed by atoms with Crippen molar-refractivity contribution in [3.8, 4) is 0 Å². The molecule has 0 N–H and O–H groups in total. The van der Waals surface area contributed by atoms with E-state index in [1.54, 1.807) is 6.08 Å². The Bertz CT molecular complexity index is 383. The number of aryl methyl sites for hydroxylation is 1. The van der Waals surface area contributed by atoms with E-state index in [9.17, 15) is 4.79 Å². The average molecular weight is 217 g/mol. The molecule has 1 saturated carbocycles. The molecule has 0 saturated heterocycles. The standard InChI is InChI=1S/C14H19NO/c1-15-11-5-8-13(15)9-10-14(16)12-6-3-2-4-7-12/h5,8-12H,2-4,6-7H2,1H3/b10-9+. The lowest BCUT2D eigenvalue weighted by molar-refractivity contribution is -0.119. The Kier molecular flexibility index (Phi) is 3.60. The smallest absolute Gasteiger partial charge is 0.158 e. The van der Waals surface area contributed by atoms with Crippen LogP contribution >= 0.6 is 0 Å². The lowest BCUT2D eigenvalue weighted by atomic mass is 9.86. The lowest BCUT2D eigenvalue weighted by Crippen LogP contribution is -2.15. The van der Waals surface area contributed by atoms with Gasteiger partial charge < -0.3 is 4.57 Å². The second-order valence-electron chi connectivity index (χ2n) is 4.61. The van der Waals surface area contributed by atoms with Gasteiger partial charge in [-0.1, -0.05) is 19.3 Å². The molecule has 1 heterocycles. The molecule has 1 fully saturated rings. The third-order valence-electron chi connectivity index (χ3n) is 3.41. The summed E-state index contributed by atoms with van der Waals surface area (Å²) in [4.78, 5) is 11.9. The minimum atomic E-state index is 0.283. The fourth-order valence-corrected chi connectivity index (χ4v) is 2.34. The van der Waals surface area contributed by atoms with E-state index in [1.807, 2.05) is 36.0 Å². The first-order valence-electron chi connectivity index (χ1n) is 6.10. The van der Waals surface area contributed by atoms with Crippen LogP contribution in [0.1, 0.15) is 37.8 Å². The second-order valence-corrected chi connectivity index (χ2v) is 4.61. The van der Waals surface area contributed by atoms with Crippen molar-refractivity contribution >= 4 is 11.9 Å². The van der Waals surface area contributed by atoms with Gasteiger partial charge in [-0.05, 0) is 37.1 Å². The van der Waals surface area contributed by atoms with E-state index in [4.69, 9.17) is 0 Å². The molecule has 1 aliphatic rings. The van der Waals surface area contributed by atoms with Gasteiger partial charge in [-0.2, -0.15) is 0 Å². The molecule has 2 heteroatoms. The van der Waals surface area contributed by atoms with Gasteiger partial charge in [-0.25, -0.2) is 0 Å². The van der Waals surface area contributed by atoms with E-state index in [0.29, 0.717) is 5.78 Å². The number of carbonyl (C=O) groups is 1. The molecule has 16 heavy (non-hydrogen) atoms. The summed E-state index contributed by atoms with van der Waals surface area (Å²) < 4.78 is 2.02. The van der Waals surface area contributed by atoms with Crippen molar-refractivity contribution in [2.24, 2.45) is 13.0 Å². The van der Waals surface area contributed by atoms with E-state index >= 15 is 0 Å². The minimum absolute atomic E-state index is 0.283. The van der Waals surface area contributed by atoms with Crippen molar-refractivity contribution in [2.75, 3.05) is 0 Å². The van der Waals surface area contributed by atoms with Gasteiger partial charge in [0.15, 0.2) is 5.78 Å². The fraction of sp³-hybridized carbons (Fsp3) is 0.500. The van der Waals surface area contributed by atoms with Gasteiger partial charge in [-0.15, -0.1) is 0 Å². The van der Waals surface area contributed by atoms with Crippen LogP contribution in [-0.4, -0.2) is 10.4 Å². The number of hydrogen-bond acceptors (Lipinski definition) is 1. The molecule has 1 aromatic heterocycles. The number of ketones is 1. The number of rotatable bonds is 3. The van der Waals surface area contributed by atoms with Crippen LogP contribution in [0.25, 0.3) is 6.08 Å². The first-order valence-corrected chi connectivity index (χ1v) is 6.10. The summed E-state index contributed by atoms with van der Waals surface area (Å²) in [5.41, 5.74) is 1.09. The third kappa shape index (κ3) is 2.63. The summed E-state index contributed by atoms with van der Waals surface area (Å²) in [7, 11) is 1.99. The average Bonchev–Trinajstić information content (AvgIpc) is 2.73. The molecule has 0 amide bonds. The van der Waals surface area contributed by atoms with Crippen LogP contribution in [0, 0.1) is 5.92 Å². The Morgan fingerprint density at radius 1 is 1.38 bits per heavy atom. The molecule has 0 bridgehead atoms. The molecule has 86 valence electrons. The Morgan fingerprint density at radius 2 is 2.12 bits per heavy atom. The van der Waals surface area contributed by atoms with Crippen LogP contribution in [0.5, 0.6) is 0 Å². The van der Waals surface area contributed by atoms with E-state index in [2.05, 4.69) is 0 Å². The monoisotopic (exact) mass is 217 g/mol. The number of aromatic nitrogens is 1. The SMILES string of the molecule is Cn1cccc1/C=C/C(=O)C1CCCCC1. The molecule has 2 rings (SSSR count). The normalized spacial score (nSPS) is 18.1. The van der Waals surface area contributed by atoms with Gasteiger partial charge in [0, 0.05) is 24.9 Å².